The molecule has 8 heteroatoms. The van der Waals surface area contributed by atoms with Crippen molar-refractivity contribution in [1.29, 1.82) is 0 Å². The van der Waals surface area contributed by atoms with Crippen LogP contribution in [0.1, 0.15) is 32.4 Å². The fourth-order valence-corrected chi connectivity index (χ4v) is 4.78. The van der Waals surface area contributed by atoms with E-state index < -0.39 is 6.03 Å². The average Bonchev–Trinajstić information content (AvgIpc) is 3.31. The quantitative estimate of drug-likeness (QED) is 0.630. The Hall–Kier alpha value is -3.52. The van der Waals surface area contributed by atoms with Crippen LogP contribution >= 0.6 is 11.3 Å². The van der Waals surface area contributed by atoms with Crippen LogP contribution in [0.25, 0.3) is 0 Å². The summed E-state index contributed by atoms with van der Waals surface area (Å²) in [6.07, 6.45) is 0.713. The lowest BCUT2D eigenvalue weighted by atomic mass is 9.90. The molecule has 3 amide bonds. The molecule has 0 saturated heterocycles. The minimum atomic E-state index is -0.645. The Morgan fingerprint density at radius 1 is 1.10 bits per heavy atom. The van der Waals surface area contributed by atoms with E-state index >= 15 is 0 Å². The molecule has 7 nitrogen and oxygen atoms in total. The standard InChI is InChI=1S/C23H23N3O4S/c1-29-18-12-15-9-10-26(22(27)14-5-7-16(8-6-14)25-23(24)28)21(20-4-3-11-31-20)17(15)13-19(18)30-2/h3-8,11-13,21H,9-10H2,1-2H3,(H3,24,25,28). The predicted molar refractivity (Wildman–Crippen MR) is 120 cm³/mol. The Morgan fingerprint density at radius 2 is 1.81 bits per heavy atom. The van der Waals surface area contributed by atoms with Crippen molar-refractivity contribution in [2.75, 3.05) is 26.1 Å². The highest BCUT2D eigenvalue weighted by Crippen LogP contribution is 2.42. The topological polar surface area (TPSA) is 93.9 Å². The van der Waals surface area contributed by atoms with Crippen LogP contribution in [0.3, 0.4) is 0 Å². The van der Waals surface area contributed by atoms with Crippen LogP contribution in [-0.4, -0.2) is 37.6 Å². The van der Waals surface area contributed by atoms with Gasteiger partial charge >= 0.3 is 6.03 Å². The lowest BCUT2D eigenvalue weighted by Crippen LogP contribution is -2.40. The van der Waals surface area contributed by atoms with E-state index in [0.717, 1.165) is 16.0 Å². The number of carbonyl (C=O) groups is 2. The molecule has 4 rings (SSSR count). The van der Waals surface area contributed by atoms with Gasteiger partial charge in [-0.05, 0) is 65.4 Å². The number of ether oxygens (including phenoxy) is 2. The smallest absolute Gasteiger partial charge is 0.316 e. The van der Waals surface area contributed by atoms with E-state index in [1.165, 1.54) is 0 Å². The van der Waals surface area contributed by atoms with Crippen molar-refractivity contribution in [3.05, 3.63) is 75.5 Å². The first-order chi connectivity index (χ1) is 15.0. The molecule has 3 N–H and O–H groups in total. The van der Waals surface area contributed by atoms with E-state index in [0.29, 0.717) is 35.7 Å². The number of primary amides is 1. The summed E-state index contributed by atoms with van der Waals surface area (Å²) < 4.78 is 11.0. The minimum Gasteiger partial charge on any atom is -0.493 e. The number of benzene rings is 2. The van der Waals surface area contributed by atoms with E-state index in [9.17, 15) is 9.59 Å². The van der Waals surface area contributed by atoms with Crippen LogP contribution < -0.4 is 20.5 Å². The van der Waals surface area contributed by atoms with Gasteiger partial charge in [-0.25, -0.2) is 4.79 Å². The molecule has 1 aromatic heterocycles. The molecule has 2 heterocycles. The summed E-state index contributed by atoms with van der Waals surface area (Å²) in [5.41, 5.74) is 8.42. The Balaban J connectivity index is 1.73. The molecule has 0 spiro atoms. The van der Waals surface area contributed by atoms with E-state index in [4.69, 9.17) is 15.2 Å². The largest absolute Gasteiger partial charge is 0.493 e. The monoisotopic (exact) mass is 437 g/mol. The van der Waals surface area contributed by atoms with Gasteiger partial charge in [-0.2, -0.15) is 0 Å². The van der Waals surface area contributed by atoms with Crippen LogP contribution in [0.15, 0.2) is 53.9 Å². The number of urea groups is 1. The van der Waals surface area contributed by atoms with Gasteiger partial charge in [0.05, 0.1) is 20.3 Å². The maximum Gasteiger partial charge on any atom is 0.316 e. The number of nitrogens with two attached hydrogens (primary N) is 1. The molecule has 1 aliphatic rings. The number of thiophene rings is 1. The van der Waals surface area contributed by atoms with Gasteiger partial charge in [0.25, 0.3) is 5.91 Å². The van der Waals surface area contributed by atoms with Gasteiger partial charge in [0.15, 0.2) is 11.5 Å². The number of methoxy groups -OCH3 is 2. The van der Waals surface area contributed by atoms with Crippen molar-refractivity contribution in [2.45, 2.75) is 12.5 Å². The predicted octanol–water partition coefficient (Wildman–Crippen LogP) is 4.04. The van der Waals surface area contributed by atoms with Crippen molar-refractivity contribution >= 4 is 29.0 Å². The highest BCUT2D eigenvalue weighted by atomic mass is 32.1. The first-order valence-electron chi connectivity index (χ1n) is 9.77. The van der Waals surface area contributed by atoms with Gasteiger partial charge in [-0.3, -0.25) is 4.79 Å². The molecular weight excluding hydrogens is 414 g/mol. The van der Waals surface area contributed by atoms with E-state index in [-0.39, 0.29) is 11.9 Å². The van der Waals surface area contributed by atoms with Crippen LogP contribution in [0.5, 0.6) is 11.5 Å². The zero-order chi connectivity index (χ0) is 22.0. The van der Waals surface area contributed by atoms with Crippen LogP contribution in [0.4, 0.5) is 10.5 Å². The van der Waals surface area contributed by atoms with Crippen molar-refractivity contribution in [2.24, 2.45) is 5.73 Å². The van der Waals surface area contributed by atoms with Gasteiger partial charge < -0.3 is 25.4 Å². The lowest BCUT2D eigenvalue weighted by molar-refractivity contribution is 0.0697. The molecule has 31 heavy (non-hydrogen) atoms. The molecule has 1 unspecified atom stereocenters. The molecular formula is C23H23N3O4S. The number of amides is 3. The summed E-state index contributed by atoms with van der Waals surface area (Å²) in [4.78, 5) is 27.5. The fourth-order valence-electron chi connectivity index (χ4n) is 3.92. The van der Waals surface area contributed by atoms with Crippen molar-refractivity contribution < 1.29 is 19.1 Å². The highest BCUT2D eigenvalue weighted by molar-refractivity contribution is 7.10. The Labute approximate surface area is 184 Å². The molecule has 0 radical (unpaired) electrons. The molecule has 0 saturated carbocycles. The molecule has 160 valence electrons. The van der Waals surface area contributed by atoms with Crippen LogP contribution in [0.2, 0.25) is 0 Å². The summed E-state index contributed by atoms with van der Waals surface area (Å²) in [7, 11) is 3.23. The molecule has 3 aromatic rings. The fraction of sp³-hybridized carbons (Fsp3) is 0.217. The second-order valence-electron chi connectivity index (χ2n) is 7.14. The van der Waals surface area contributed by atoms with Gasteiger partial charge in [0.2, 0.25) is 0 Å². The number of fused-ring (bicyclic) bond motifs is 1. The average molecular weight is 438 g/mol. The zero-order valence-electron chi connectivity index (χ0n) is 17.3. The third kappa shape index (κ3) is 4.06. The first-order valence-corrected chi connectivity index (χ1v) is 10.7. The molecule has 1 aliphatic heterocycles. The number of rotatable bonds is 5. The third-order valence-electron chi connectivity index (χ3n) is 5.35. The van der Waals surface area contributed by atoms with Crippen LogP contribution in [-0.2, 0) is 6.42 Å². The second kappa shape index (κ2) is 8.69. The Morgan fingerprint density at radius 3 is 2.42 bits per heavy atom. The number of anilines is 1. The summed E-state index contributed by atoms with van der Waals surface area (Å²) >= 11 is 1.61. The molecule has 1 atom stereocenters. The minimum absolute atomic E-state index is 0.0792. The van der Waals surface area contributed by atoms with Crippen molar-refractivity contribution in [3.8, 4) is 11.5 Å². The number of hydrogen-bond donors (Lipinski definition) is 2. The van der Waals surface area contributed by atoms with Crippen LogP contribution in [0, 0.1) is 0 Å². The summed E-state index contributed by atoms with van der Waals surface area (Å²) in [5.74, 6) is 1.24. The van der Waals surface area contributed by atoms with Crippen molar-refractivity contribution in [1.82, 2.24) is 4.90 Å². The summed E-state index contributed by atoms with van der Waals surface area (Å²) in [6, 6.07) is 13.9. The molecule has 2 aromatic carbocycles. The highest BCUT2D eigenvalue weighted by Gasteiger charge is 2.34. The maximum atomic E-state index is 13.5. The molecule has 0 bridgehead atoms. The summed E-state index contributed by atoms with van der Waals surface area (Å²) in [5, 5.41) is 4.52. The first kappa shape index (κ1) is 20.7. The van der Waals surface area contributed by atoms with E-state index in [1.807, 2.05) is 34.5 Å². The number of nitrogens with zero attached hydrogens (tertiary/aromatic N) is 1. The maximum absolute atomic E-state index is 13.5. The SMILES string of the molecule is COc1cc2c(cc1OC)C(c1cccs1)N(C(=O)c1ccc(NC(N)=O)cc1)CC2. The van der Waals surface area contributed by atoms with Crippen molar-refractivity contribution in [3.63, 3.8) is 0 Å². The zero-order valence-corrected chi connectivity index (χ0v) is 18.1. The Bertz CT molecular complexity index is 1100. The van der Waals surface area contributed by atoms with Gasteiger partial charge in [-0.1, -0.05) is 6.07 Å². The molecule has 0 aliphatic carbocycles. The molecule has 0 fully saturated rings. The normalized spacial score (nSPS) is 15.2. The summed E-state index contributed by atoms with van der Waals surface area (Å²) in [6.45, 7) is 0.575. The number of nitrogens with one attached hydrogen (secondary N) is 1. The Kier molecular flexibility index (Phi) is 5.81. The second-order valence-corrected chi connectivity index (χ2v) is 8.12. The lowest BCUT2D eigenvalue weighted by Gasteiger charge is -2.37. The van der Waals surface area contributed by atoms with Gasteiger partial charge in [0, 0.05) is 22.7 Å². The van der Waals surface area contributed by atoms with E-state index in [1.54, 1.807) is 49.8 Å². The third-order valence-corrected chi connectivity index (χ3v) is 6.27. The van der Waals surface area contributed by atoms with Gasteiger partial charge in [0.1, 0.15) is 0 Å². The van der Waals surface area contributed by atoms with E-state index in [2.05, 4.69) is 5.32 Å². The number of carbonyl (C=O) groups excluding carboxylic acids is 2. The van der Waals surface area contributed by atoms with Gasteiger partial charge in [-0.15, -0.1) is 11.3 Å². The number of hydrogen-bond acceptors (Lipinski definition) is 5.